The number of hydrogen-bond acceptors (Lipinski definition) is 20. The van der Waals surface area contributed by atoms with Crippen molar-refractivity contribution in [3.63, 3.8) is 0 Å². The van der Waals surface area contributed by atoms with Crippen molar-refractivity contribution in [3.8, 4) is 69.0 Å². The van der Waals surface area contributed by atoms with Crippen LogP contribution in [0.1, 0.15) is 33.4 Å². The van der Waals surface area contributed by atoms with Crippen LogP contribution in [0.3, 0.4) is 0 Å². The predicted octanol–water partition coefficient (Wildman–Crippen LogP) is 2.36. The summed E-state index contributed by atoms with van der Waals surface area (Å²) in [6, 6.07) is 31.1. The zero-order chi connectivity index (χ0) is 54.6. The third-order valence-electron chi connectivity index (χ3n) is 11.3. The van der Waals surface area contributed by atoms with Gasteiger partial charge in [0.05, 0.1) is 70.1 Å². The Kier molecular flexibility index (Phi) is 23.2. The first-order valence-electron chi connectivity index (χ1n) is 22.8. The van der Waals surface area contributed by atoms with Crippen LogP contribution in [0.2, 0.25) is 0 Å². The molecule has 2 heterocycles. The smallest absolute Gasteiger partial charge is 0.780 e. The van der Waals surface area contributed by atoms with E-state index in [1.807, 2.05) is 60.7 Å². The van der Waals surface area contributed by atoms with E-state index in [1.54, 1.807) is 36.4 Å². The van der Waals surface area contributed by atoms with Crippen molar-refractivity contribution in [2.75, 3.05) is 70.1 Å². The van der Waals surface area contributed by atoms with Crippen LogP contribution in [-0.4, -0.2) is 81.7 Å². The average molecular weight is 1130 g/mol. The molecule has 0 radical (unpaired) electrons. The summed E-state index contributed by atoms with van der Waals surface area (Å²) in [6.45, 7) is -0.544. The minimum absolute atomic E-state index is 0. The number of phosphoric ester groups is 2. The summed E-state index contributed by atoms with van der Waals surface area (Å²) in [5.74, 6) is 1.70. The van der Waals surface area contributed by atoms with Gasteiger partial charge in [0.1, 0.15) is 7.82 Å². The molecule has 0 bridgehead atoms. The molecule has 6 aromatic rings. The fourth-order valence-electron chi connectivity index (χ4n) is 7.89. The molecule has 0 atom stereocenters. The van der Waals surface area contributed by atoms with Crippen LogP contribution >= 0.6 is 15.6 Å². The molecule has 8 rings (SSSR count). The Bertz CT molecular complexity index is 3190. The Labute approximate surface area is 494 Å². The minimum atomic E-state index is -5.36. The van der Waals surface area contributed by atoms with E-state index in [-0.39, 0.29) is 143 Å². The van der Waals surface area contributed by atoms with E-state index in [2.05, 4.69) is 4.52 Å². The Morgan fingerprint density at radius 2 is 0.821 bits per heavy atom. The molecule has 2 aliphatic heterocycles. The van der Waals surface area contributed by atoms with E-state index in [4.69, 9.17) is 60.9 Å². The number of carbonyl (C=O) groups is 2. The molecule has 78 heavy (non-hydrogen) atoms. The van der Waals surface area contributed by atoms with Gasteiger partial charge >= 0.3 is 66.9 Å². The fraction of sp³-hybridized carbons (Fsp3) is 0.222. The summed E-state index contributed by atoms with van der Waals surface area (Å²) in [6.07, 6.45) is 2.79. The molecular weight excluding hydrogens is 1080 g/mol. The van der Waals surface area contributed by atoms with E-state index < -0.39 is 15.6 Å². The third-order valence-corrected chi connectivity index (χ3v) is 13.0. The van der Waals surface area contributed by atoms with Crippen molar-refractivity contribution in [1.82, 2.24) is 0 Å². The number of fused-ring (bicyclic) bond motifs is 2. The first kappa shape index (κ1) is 62.9. The van der Waals surface area contributed by atoms with Crippen molar-refractivity contribution in [1.29, 1.82) is 0 Å². The van der Waals surface area contributed by atoms with Crippen LogP contribution in [0.5, 0.6) is 69.0 Å². The summed E-state index contributed by atoms with van der Waals surface area (Å²) in [5.41, 5.74) is 4.21. The van der Waals surface area contributed by atoms with E-state index >= 15 is 0 Å². The summed E-state index contributed by atoms with van der Waals surface area (Å²) in [5, 5.41) is 0. The molecule has 6 aromatic carbocycles. The van der Waals surface area contributed by atoms with Crippen LogP contribution < -0.4 is 125 Å². The number of ketones is 2. The first-order chi connectivity index (χ1) is 36.6. The summed E-state index contributed by atoms with van der Waals surface area (Å²) >= 11 is 0. The molecule has 0 N–H and O–H groups in total. The molecule has 0 saturated carbocycles. The van der Waals surface area contributed by atoms with Gasteiger partial charge in [-0.05, 0) is 82.0 Å². The van der Waals surface area contributed by atoms with Gasteiger partial charge in [-0.15, -0.1) is 0 Å². The molecule has 24 heteroatoms. The standard InChI is InChI=1S/C34H33O10P.C20H21O10P.2Na/c1-37-29-16-15-25(27-18-26(35)22-41-32-28(27)19-31(38-2)33(39-3)34(32)40-4)17-30(29)44-45(36,42-20-23-11-7-5-8-12-23)43-21-24-13-9-6-10-14-24;1-25-15-6-5-11(7-16(15)30-31(22,23)24)13-8-12(21)10-29-18-14(13)9-17(26-2)19(27-3)20(18)28-4;;/h5-19H,20-22H2,1-4H3;5-9H,10H2,1-4H3,(H2,22,23,24);;/q;;2*+1/p-2. The number of benzene rings is 6. The average Bonchev–Trinajstić information content (AvgIpc) is 3.79. The van der Waals surface area contributed by atoms with Crippen molar-refractivity contribution >= 4 is 38.4 Å². The van der Waals surface area contributed by atoms with Gasteiger partial charge in [-0.3, -0.25) is 18.6 Å². The molecular formula is C54H52Na2O20P2. The Morgan fingerprint density at radius 3 is 1.17 bits per heavy atom. The SMILES string of the molecule is COc1ccc(C2=CC(=O)COc3c2cc(OC)c(OC)c3OC)cc1OP(=O)(OCc1ccccc1)OCc1ccccc1.COc1ccc(C2=CC(=O)COc3c2cc(OC)c(OC)c3OC)cc1OP(=O)([O-])[O-].[Na+].[Na+]. The maximum absolute atomic E-state index is 14.2. The third kappa shape index (κ3) is 15.2. The summed E-state index contributed by atoms with van der Waals surface area (Å²) in [7, 11) is 1.89. The van der Waals surface area contributed by atoms with Crippen LogP contribution in [0.4, 0.5) is 0 Å². The van der Waals surface area contributed by atoms with Gasteiger partial charge in [0.15, 0.2) is 70.8 Å². The fourth-order valence-corrected chi connectivity index (χ4v) is 9.45. The van der Waals surface area contributed by atoms with Crippen LogP contribution in [0.15, 0.2) is 121 Å². The molecule has 0 spiro atoms. The number of carbonyl (C=O) groups excluding carboxylic acids is 2. The van der Waals surface area contributed by atoms with Crippen molar-refractivity contribution in [3.05, 3.63) is 155 Å². The molecule has 0 fully saturated rings. The summed E-state index contributed by atoms with van der Waals surface area (Å²) in [4.78, 5) is 47.6. The van der Waals surface area contributed by atoms with Crippen molar-refractivity contribution in [2.24, 2.45) is 0 Å². The number of phosphoric acid groups is 2. The van der Waals surface area contributed by atoms with Gasteiger partial charge < -0.3 is 70.8 Å². The zero-order valence-electron chi connectivity index (χ0n) is 44.4. The maximum atomic E-state index is 14.2. The molecule has 400 valence electrons. The minimum Gasteiger partial charge on any atom is -0.780 e. The van der Waals surface area contributed by atoms with Crippen LogP contribution in [0, 0.1) is 0 Å². The van der Waals surface area contributed by atoms with Crippen molar-refractivity contribution < 1.29 is 153 Å². The van der Waals surface area contributed by atoms with Crippen LogP contribution in [0.25, 0.3) is 11.1 Å². The summed E-state index contributed by atoms with van der Waals surface area (Å²) < 4.78 is 103. The second kappa shape index (κ2) is 28.8. The van der Waals surface area contributed by atoms with Gasteiger partial charge in [-0.25, -0.2) is 4.57 Å². The maximum Gasteiger partial charge on any atom is 1.00 e. The van der Waals surface area contributed by atoms with Gasteiger partial charge in [0.25, 0.3) is 0 Å². The Hall–Kier alpha value is -5.96. The molecule has 0 saturated heterocycles. The van der Waals surface area contributed by atoms with E-state index in [0.717, 1.165) is 11.1 Å². The Morgan fingerprint density at radius 1 is 0.449 bits per heavy atom. The normalized spacial score (nSPS) is 12.6. The zero-order valence-corrected chi connectivity index (χ0v) is 50.2. The molecule has 2 aliphatic rings. The number of rotatable bonds is 20. The number of methoxy groups -OCH3 is 8. The Balaban J connectivity index is 0.000000299. The van der Waals surface area contributed by atoms with E-state index in [0.29, 0.717) is 56.4 Å². The quantitative estimate of drug-likeness (QED) is 0.0787. The van der Waals surface area contributed by atoms with Gasteiger partial charge in [-0.2, -0.15) is 0 Å². The molecule has 0 aliphatic carbocycles. The van der Waals surface area contributed by atoms with E-state index in [1.165, 1.54) is 81.2 Å². The molecule has 0 unspecified atom stereocenters. The largest absolute Gasteiger partial charge is 1.00 e. The second-order valence-corrected chi connectivity index (χ2v) is 18.7. The number of hydrogen-bond donors (Lipinski definition) is 0. The molecule has 0 aromatic heterocycles. The monoisotopic (exact) mass is 1130 g/mol. The van der Waals surface area contributed by atoms with Gasteiger partial charge in [-0.1, -0.05) is 72.8 Å². The number of ether oxygens (including phenoxy) is 10. The van der Waals surface area contributed by atoms with Crippen molar-refractivity contribution in [2.45, 2.75) is 13.2 Å². The molecule has 20 nitrogen and oxygen atoms in total. The topological polar surface area (TPSA) is 244 Å². The second-order valence-electron chi connectivity index (χ2n) is 16.0. The van der Waals surface area contributed by atoms with Gasteiger partial charge in [0, 0.05) is 11.1 Å². The van der Waals surface area contributed by atoms with Gasteiger partial charge in [0.2, 0.25) is 23.0 Å². The van der Waals surface area contributed by atoms with Crippen LogP contribution in [-0.2, 0) is 41.0 Å². The van der Waals surface area contributed by atoms with E-state index in [9.17, 15) is 28.5 Å². The first-order valence-corrected chi connectivity index (χ1v) is 25.7. The molecule has 0 amide bonds. The predicted molar refractivity (Wildman–Crippen MR) is 272 cm³/mol.